The van der Waals surface area contributed by atoms with Gasteiger partial charge in [-0.1, -0.05) is 26.0 Å². The molecule has 118 valence electrons. The van der Waals surface area contributed by atoms with Gasteiger partial charge in [0.25, 0.3) is 0 Å². The van der Waals surface area contributed by atoms with E-state index in [1.165, 1.54) is 5.56 Å². The van der Waals surface area contributed by atoms with Crippen molar-refractivity contribution < 1.29 is 9.90 Å². The predicted octanol–water partition coefficient (Wildman–Crippen LogP) is 2.78. The van der Waals surface area contributed by atoms with Crippen molar-refractivity contribution in [1.29, 1.82) is 0 Å². The number of rotatable bonds is 7. The molecule has 0 atom stereocenters. The minimum absolute atomic E-state index is 0.325. The second-order valence-corrected chi connectivity index (χ2v) is 6.09. The van der Waals surface area contributed by atoms with Crippen molar-refractivity contribution in [2.75, 3.05) is 6.54 Å². The molecule has 0 amide bonds. The Bertz CT molecular complexity index is 617. The highest BCUT2D eigenvalue weighted by atomic mass is 16.4. The van der Waals surface area contributed by atoms with Crippen LogP contribution in [0.4, 0.5) is 0 Å². The van der Waals surface area contributed by atoms with Crippen LogP contribution in [0.25, 0.3) is 0 Å². The Morgan fingerprint density at radius 2 is 1.86 bits per heavy atom. The molecule has 1 N–H and O–H groups in total. The van der Waals surface area contributed by atoms with Gasteiger partial charge in [0.05, 0.1) is 11.8 Å². The smallest absolute Gasteiger partial charge is 0.335 e. The molecule has 1 aromatic heterocycles. The highest BCUT2D eigenvalue weighted by Crippen LogP contribution is 2.13. The minimum Gasteiger partial charge on any atom is -0.478 e. The lowest BCUT2D eigenvalue weighted by molar-refractivity contribution is 0.0697. The molecule has 1 heterocycles. The Balaban J connectivity index is 2.06. The summed E-state index contributed by atoms with van der Waals surface area (Å²) in [6.45, 7) is 7.02. The molecule has 1 aromatic carbocycles. The van der Waals surface area contributed by atoms with Crippen molar-refractivity contribution in [1.82, 2.24) is 14.7 Å². The van der Waals surface area contributed by atoms with Gasteiger partial charge in [0.2, 0.25) is 0 Å². The van der Waals surface area contributed by atoms with Gasteiger partial charge in [-0.3, -0.25) is 9.58 Å². The summed E-state index contributed by atoms with van der Waals surface area (Å²) < 4.78 is 1.81. The van der Waals surface area contributed by atoms with E-state index in [-0.39, 0.29) is 0 Å². The average Bonchev–Trinajstić information content (AvgIpc) is 2.84. The van der Waals surface area contributed by atoms with E-state index in [2.05, 4.69) is 23.8 Å². The number of aromatic carboxylic acids is 1. The Hall–Kier alpha value is -2.14. The summed E-state index contributed by atoms with van der Waals surface area (Å²) in [5.41, 5.74) is 2.63. The van der Waals surface area contributed by atoms with Gasteiger partial charge < -0.3 is 5.11 Å². The topological polar surface area (TPSA) is 58.4 Å². The monoisotopic (exact) mass is 301 g/mol. The Morgan fingerprint density at radius 3 is 2.36 bits per heavy atom. The summed E-state index contributed by atoms with van der Waals surface area (Å²) in [6, 6.07) is 7.10. The summed E-state index contributed by atoms with van der Waals surface area (Å²) in [5, 5.41) is 13.2. The molecule has 0 bridgehead atoms. The standard InChI is InChI=1S/C17H23N3O2/c1-13(2)9-20(12-15-8-18-19(3)10-15)11-14-4-6-16(7-5-14)17(21)22/h4-8,10,13H,9,11-12H2,1-3H3,(H,21,22). The SMILES string of the molecule is CC(C)CN(Cc1ccc(C(=O)O)cc1)Cc1cnn(C)c1. The summed E-state index contributed by atoms with van der Waals surface area (Å²) in [4.78, 5) is 13.3. The predicted molar refractivity (Wildman–Crippen MR) is 85.6 cm³/mol. The van der Waals surface area contributed by atoms with Crippen molar-refractivity contribution in [3.63, 3.8) is 0 Å². The van der Waals surface area contributed by atoms with Crippen LogP contribution in [-0.4, -0.2) is 32.3 Å². The normalized spacial score (nSPS) is 11.3. The average molecular weight is 301 g/mol. The first-order chi connectivity index (χ1) is 10.4. The van der Waals surface area contributed by atoms with Gasteiger partial charge in [-0.05, 0) is 23.6 Å². The molecule has 0 fully saturated rings. The van der Waals surface area contributed by atoms with Crippen LogP contribution in [0.1, 0.15) is 35.3 Å². The van der Waals surface area contributed by atoms with Crippen molar-refractivity contribution in [3.8, 4) is 0 Å². The van der Waals surface area contributed by atoms with Gasteiger partial charge in [-0.2, -0.15) is 5.10 Å². The van der Waals surface area contributed by atoms with Crippen LogP contribution >= 0.6 is 0 Å². The van der Waals surface area contributed by atoms with E-state index in [1.54, 1.807) is 12.1 Å². The number of carboxylic acids is 1. The first kappa shape index (κ1) is 16.2. The van der Waals surface area contributed by atoms with Crippen LogP contribution in [0, 0.1) is 5.92 Å². The van der Waals surface area contributed by atoms with Crippen LogP contribution in [0.2, 0.25) is 0 Å². The highest BCUT2D eigenvalue weighted by molar-refractivity contribution is 5.87. The van der Waals surface area contributed by atoms with Gasteiger partial charge >= 0.3 is 5.97 Å². The van der Waals surface area contributed by atoms with E-state index in [1.807, 2.05) is 36.3 Å². The zero-order valence-electron chi connectivity index (χ0n) is 13.4. The lowest BCUT2D eigenvalue weighted by atomic mass is 10.1. The number of aryl methyl sites for hydroxylation is 1. The maximum Gasteiger partial charge on any atom is 0.335 e. The zero-order valence-corrected chi connectivity index (χ0v) is 13.4. The summed E-state index contributed by atoms with van der Waals surface area (Å²) >= 11 is 0. The molecule has 5 heteroatoms. The minimum atomic E-state index is -0.888. The third-order valence-corrected chi connectivity index (χ3v) is 3.39. The molecule has 5 nitrogen and oxygen atoms in total. The molecule has 0 saturated carbocycles. The lowest BCUT2D eigenvalue weighted by Gasteiger charge is -2.24. The second-order valence-electron chi connectivity index (χ2n) is 6.09. The molecule has 2 aromatic rings. The van der Waals surface area contributed by atoms with Crippen LogP contribution in [0.3, 0.4) is 0 Å². The molecule has 0 aliphatic heterocycles. The Kier molecular flexibility index (Phi) is 5.33. The molecule has 0 aliphatic carbocycles. The molecule has 0 spiro atoms. The molecule has 22 heavy (non-hydrogen) atoms. The van der Waals surface area contributed by atoms with Crippen LogP contribution in [0.5, 0.6) is 0 Å². The first-order valence-corrected chi connectivity index (χ1v) is 7.46. The maximum atomic E-state index is 10.9. The Morgan fingerprint density at radius 1 is 1.23 bits per heavy atom. The fourth-order valence-corrected chi connectivity index (χ4v) is 2.52. The van der Waals surface area contributed by atoms with E-state index in [0.29, 0.717) is 11.5 Å². The quantitative estimate of drug-likeness (QED) is 0.854. The summed E-state index contributed by atoms with van der Waals surface area (Å²) in [5.74, 6) is -0.323. The van der Waals surface area contributed by atoms with Gasteiger partial charge in [0.15, 0.2) is 0 Å². The number of carboxylic acid groups (broad SMARTS) is 1. The molecule has 2 rings (SSSR count). The lowest BCUT2D eigenvalue weighted by Crippen LogP contribution is -2.26. The van der Waals surface area contributed by atoms with Gasteiger partial charge in [0.1, 0.15) is 0 Å². The largest absolute Gasteiger partial charge is 0.478 e. The molecular formula is C17H23N3O2. The summed E-state index contributed by atoms with van der Waals surface area (Å²) in [6.07, 6.45) is 3.92. The molecule has 0 radical (unpaired) electrons. The number of hydrogen-bond donors (Lipinski definition) is 1. The number of benzene rings is 1. The van der Waals surface area contributed by atoms with Crippen LogP contribution in [0.15, 0.2) is 36.7 Å². The van der Waals surface area contributed by atoms with E-state index in [4.69, 9.17) is 5.11 Å². The molecule has 0 aliphatic rings. The highest BCUT2D eigenvalue weighted by Gasteiger charge is 2.11. The fourth-order valence-electron chi connectivity index (χ4n) is 2.52. The second kappa shape index (κ2) is 7.22. The molecule has 0 saturated heterocycles. The number of hydrogen-bond acceptors (Lipinski definition) is 3. The number of aromatic nitrogens is 2. The summed E-state index contributed by atoms with van der Waals surface area (Å²) in [7, 11) is 1.92. The Labute approximate surface area is 131 Å². The maximum absolute atomic E-state index is 10.9. The number of nitrogens with zero attached hydrogens (tertiary/aromatic N) is 3. The van der Waals surface area contributed by atoms with Crippen LogP contribution in [-0.2, 0) is 20.1 Å². The van der Waals surface area contributed by atoms with Gasteiger partial charge in [-0.25, -0.2) is 4.79 Å². The van der Waals surface area contributed by atoms with Gasteiger partial charge in [-0.15, -0.1) is 0 Å². The van der Waals surface area contributed by atoms with Gasteiger partial charge in [0, 0.05) is 38.4 Å². The third kappa shape index (κ3) is 4.70. The first-order valence-electron chi connectivity index (χ1n) is 7.46. The molecular weight excluding hydrogens is 278 g/mol. The van der Waals surface area contributed by atoms with Crippen molar-refractivity contribution in [3.05, 3.63) is 53.3 Å². The van der Waals surface area contributed by atoms with Crippen molar-refractivity contribution in [2.45, 2.75) is 26.9 Å². The number of carbonyl (C=O) groups is 1. The zero-order chi connectivity index (χ0) is 16.1. The van der Waals surface area contributed by atoms with Crippen molar-refractivity contribution >= 4 is 5.97 Å². The van der Waals surface area contributed by atoms with E-state index < -0.39 is 5.97 Å². The van der Waals surface area contributed by atoms with Crippen molar-refractivity contribution in [2.24, 2.45) is 13.0 Å². The van der Waals surface area contributed by atoms with E-state index >= 15 is 0 Å². The van der Waals surface area contributed by atoms with E-state index in [9.17, 15) is 4.79 Å². The van der Waals surface area contributed by atoms with E-state index in [0.717, 1.165) is 25.2 Å². The molecule has 0 unspecified atom stereocenters. The fraction of sp³-hybridized carbons (Fsp3) is 0.412. The third-order valence-electron chi connectivity index (χ3n) is 3.39. The van der Waals surface area contributed by atoms with Crippen LogP contribution < -0.4 is 0 Å².